The summed E-state index contributed by atoms with van der Waals surface area (Å²) in [6.45, 7) is 4.57. The SMILES string of the molecule is CN(CC(=O)N1CCNCC1)Cc1nccn1C.Cl. The highest BCUT2D eigenvalue weighted by Crippen LogP contribution is 2.01. The van der Waals surface area contributed by atoms with E-state index in [0.29, 0.717) is 13.1 Å². The van der Waals surface area contributed by atoms with Crippen molar-refractivity contribution in [1.29, 1.82) is 0 Å². The van der Waals surface area contributed by atoms with E-state index in [1.165, 1.54) is 0 Å². The molecule has 0 atom stereocenters. The molecular weight excluding hydrogens is 266 g/mol. The number of likely N-dealkylation sites (N-methyl/N-ethyl adjacent to an activating group) is 1. The summed E-state index contributed by atoms with van der Waals surface area (Å²) in [5.41, 5.74) is 0. The molecule has 0 radical (unpaired) electrons. The molecule has 1 N–H and O–H groups in total. The van der Waals surface area contributed by atoms with Crippen LogP contribution in [0.2, 0.25) is 0 Å². The van der Waals surface area contributed by atoms with Crippen LogP contribution in [-0.4, -0.2) is 65.0 Å². The zero-order valence-electron chi connectivity index (χ0n) is 11.5. The third-order valence-corrected chi connectivity index (χ3v) is 3.21. The second kappa shape index (κ2) is 7.47. The van der Waals surface area contributed by atoms with E-state index in [0.717, 1.165) is 32.0 Å². The number of nitrogens with zero attached hydrogens (tertiary/aromatic N) is 4. The van der Waals surface area contributed by atoms with E-state index in [1.807, 2.05) is 34.7 Å². The number of rotatable bonds is 4. The van der Waals surface area contributed by atoms with Crippen molar-refractivity contribution in [1.82, 2.24) is 24.7 Å². The molecule has 0 unspecified atom stereocenters. The maximum absolute atomic E-state index is 12.1. The van der Waals surface area contributed by atoms with E-state index in [1.54, 1.807) is 6.20 Å². The Morgan fingerprint density at radius 3 is 2.74 bits per heavy atom. The highest BCUT2D eigenvalue weighted by molar-refractivity contribution is 5.85. The van der Waals surface area contributed by atoms with E-state index in [2.05, 4.69) is 10.3 Å². The van der Waals surface area contributed by atoms with Crippen molar-refractivity contribution >= 4 is 18.3 Å². The van der Waals surface area contributed by atoms with Crippen LogP contribution in [-0.2, 0) is 18.4 Å². The van der Waals surface area contributed by atoms with Gasteiger partial charge >= 0.3 is 0 Å². The van der Waals surface area contributed by atoms with Crippen molar-refractivity contribution in [3.05, 3.63) is 18.2 Å². The summed E-state index contributed by atoms with van der Waals surface area (Å²) < 4.78 is 1.98. The quantitative estimate of drug-likeness (QED) is 0.827. The predicted octanol–water partition coefficient (Wildman–Crippen LogP) is -0.294. The number of hydrogen-bond donors (Lipinski definition) is 1. The molecule has 0 aromatic carbocycles. The van der Waals surface area contributed by atoms with Gasteiger partial charge in [-0.25, -0.2) is 4.98 Å². The van der Waals surface area contributed by atoms with Gasteiger partial charge in [0.15, 0.2) is 0 Å². The standard InChI is InChI=1S/C12H21N5O.ClH/c1-15(9-11-14-5-6-16(11)2)10-12(18)17-7-3-13-4-8-17;/h5-6,13H,3-4,7-10H2,1-2H3;1H. The number of aryl methyl sites for hydroxylation is 1. The Labute approximate surface area is 120 Å². The molecule has 1 amide bonds. The molecule has 0 saturated carbocycles. The van der Waals surface area contributed by atoms with E-state index in [9.17, 15) is 4.79 Å². The Morgan fingerprint density at radius 1 is 1.47 bits per heavy atom. The largest absolute Gasteiger partial charge is 0.339 e. The number of aromatic nitrogens is 2. The molecule has 1 aromatic rings. The van der Waals surface area contributed by atoms with Crippen molar-refractivity contribution in [3.63, 3.8) is 0 Å². The van der Waals surface area contributed by atoms with Gasteiger partial charge in [0.2, 0.25) is 5.91 Å². The molecule has 1 fully saturated rings. The summed E-state index contributed by atoms with van der Waals surface area (Å²) in [4.78, 5) is 20.2. The van der Waals surface area contributed by atoms with Gasteiger partial charge in [-0.05, 0) is 7.05 Å². The Kier molecular flexibility index (Phi) is 6.27. The Bertz CT molecular complexity index is 403. The van der Waals surface area contributed by atoms with Crippen LogP contribution in [0.25, 0.3) is 0 Å². The predicted molar refractivity (Wildman–Crippen MR) is 76.2 cm³/mol. The lowest BCUT2D eigenvalue weighted by Gasteiger charge is -2.29. The third kappa shape index (κ3) is 4.49. The first-order valence-electron chi connectivity index (χ1n) is 6.30. The average Bonchev–Trinajstić information content (AvgIpc) is 2.76. The summed E-state index contributed by atoms with van der Waals surface area (Å²) in [5.74, 6) is 1.18. The van der Waals surface area contributed by atoms with Crippen LogP contribution in [0, 0.1) is 0 Å². The maximum Gasteiger partial charge on any atom is 0.236 e. The minimum Gasteiger partial charge on any atom is -0.339 e. The van der Waals surface area contributed by atoms with Crippen LogP contribution in [0.4, 0.5) is 0 Å². The molecule has 108 valence electrons. The Balaban J connectivity index is 0.00000180. The lowest BCUT2D eigenvalue weighted by atomic mass is 10.3. The van der Waals surface area contributed by atoms with Crippen LogP contribution < -0.4 is 5.32 Å². The fourth-order valence-corrected chi connectivity index (χ4v) is 2.09. The fourth-order valence-electron chi connectivity index (χ4n) is 2.09. The third-order valence-electron chi connectivity index (χ3n) is 3.21. The van der Waals surface area contributed by atoms with E-state index >= 15 is 0 Å². The second-order valence-electron chi connectivity index (χ2n) is 4.76. The number of carbonyl (C=O) groups excluding carboxylic acids is 1. The molecule has 2 heterocycles. The van der Waals surface area contributed by atoms with Crippen molar-refractivity contribution in [3.8, 4) is 0 Å². The first-order chi connectivity index (χ1) is 8.66. The van der Waals surface area contributed by atoms with Gasteiger partial charge in [-0.15, -0.1) is 12.4 Å². The van der Waals surface area contributed by atoms with Gasteiger partial charge in [-0.3, -0.25) is 9.69 Å². The van der Waals surface area contributed by atoms with Gasteiger partial charge in [-0.1, -0.05) is 0 Å². The van der Waals surface area contributed by atoms with Crippen LogP contribution >= 0.6 is 12.4 Å². The molecule has 6 nitrogen and oxygen atoms in total. The summed E-state index contributed by atoms with van der Waals surface area (Å²) in [6.07, 6.45) is 3.70. The maximum atomic E-state index is 12.1. The Morgan fingerprint density at radius 2 is 2.16 bits per heavy atom. The normalized spacial score (nSPS) is 15.4. The lowest BCUT2D eigenvalue weighted by molar-refractivity contribution is -0.132. The van der Waals surface area contributed by atoms with Crippen LogP contribution in [0.1, 0.15) is 5.82 Å². The van der Waals surface area contributed by atoms with Gasteiger partial charge in [-0.2, -0.15) is 0 Å². The second-order valence-corrected chi connectivity index (χ2v) is 4.76. The molecule has 7 heteroatoms. The topological polar surface area (TPSA) is 53.4 Å². The molecule has 1 aliphatic heterocycles. The smallest absolute Gasteiger partial charge is 0.236 e. The van der Waals surface area contributed by atoms with E-state index in [4.69, 9.17) is 0 Å². The lowest BCUT2D eigenvalue weighted by Crippen LogP contribution is -2.49. The molecule has 0 bridgehead atoms. The molecule has 0 aliphatic carbocycles. The minimum atomic E-state index is 0. The van der Waals surface area contributed by atoms with Crippen molar-refractivity contribution in [2.24, 2.45) is 7.05 Å². The molecule has 1 aliphatic rings. The zero-order chi connectivity index (χ0) is 13.0. The summed E-state index contributed by atoms with van der Waals surface area (Å²) >= 11 is 0. The average molecular weight is 288 g/mol. The van der Waals surface area contributed by atoms with Crippen molar-refractivity contribution in [2.45, 2.75) is 6.54 Å². The fraction of sp³-hybridized carbons (Fsp3) is 0.667. The number of halogens is 1. The number of nitrogens with one attached hydrogen (secondary N) is 1. The molecule has 19 heavy (non-hydrogen) atoms. The van der Waals surface area contributed by atoms with E-state index in [-0.39, 0.29) is 18.3 Å². The van der Waals surface area contributed by atoms with Crippen molar-refractivity contribution < 1.29 is 4.79 Å². The minimum absolute atomic E-state index is 0. The Hall–Kier alpha value is -1.11. The van der Waals surface area contributed by atoms with Crippen LogP contribution in [0.3, 0.4) is 0 Å². The number of hydrogen-bond acceptors (Lipinski definition) is 4. The molecule has 1 saturated heterocycles. The summed E-state index contributed by atoms with van der Waals surface area (Å²) in [5, 5.41) is 3.25. The van der Waals surface area contributed by atoms with Gasteiger partial charge in [0.1, 0.15) is 5.82 Å². The van der Waals surface area contributed by atoms with Gasteiger partial charge in [0.25, 0.3) is 0 Å². The number of carbonyl (C=O) groups is 1. The summed E-state index contributed by atoms with van der Waals surface area (Å²) in [6, 6.07) is 0. The number of piperazine rings is 1. The number of imidazole rings is 1. The zero-order valence-corrected chi connectivity index (χ0v) is 12.3. The first-order valence-corrected chi connectivity index (χ1v) is 6.30. The van der Waals surface area contributed by atoms with Gasteiger partial charge < -0.3 is 14.8 Å². The van der Waals surface area contributed by atoms with Gasteiger partial charge in [0, 0.05) is 45.6 Å². The van der Waals surface area contributed by atoms with Crippen LogP contribution in [0.5, 0.6) is 0 Å². The first kappa shape index (κ1) is 15.9. The van der Waals surface area contributed by atoms with Crippen molar-refractivity contribution in [2.75, 3.05) is 39.8 Å². The highest BCUT2D eigenvalue weighted by Gasteiger charge is 2.18. The van der Waals surface area contributed by atoms with Gasteiger partial charge in [0.05, 0.1) is 13.1 Å². The van der Waals surface area contributed by atoms with E-state index < -0.39 is 0 Å². The monoisotopic (exact) mass is 287 g/mol. The highest BCUT2D eigenvalue weighted by atomic mass is 35.5. The number of amides is 1. The molecule has 0 spiro atoms. The molecule has 2 rings (SSSR count). The summed E-state index contributed by atoms with van der Waals surface area (Å²) in [7, 11) is 3.92. The molecular formula is C12H22ClN5O. The van der Waals surface area contributed by atoms with Crippen LogP contribution in [0.15, 0.2) is 12.4 Å². The molecule has 1 aromatic heterocycles.